The van der Waals surface area contributed by atoms with Crippen LogP contribution in [0.3, 0.4) is 0 Å². The minimum atomic E-state index is -0.986. The normalized spacial score (nSPS) is 9.70. The minimum absolute atomic E-state index is 0.0741. The lowest BCUT2D eigenvalue weighted by Gasteiger charge is -2.07. The Morgan fingerprint density at radius 2 is 1.22 bits per heavy atom. The summed E-state index contributed by atoms with van der Waals surface area (Å²) in [5, 5.41) is 26.1. The number of rotatable bonds is 3. The third-order valence-electron chi connectivity index (χ3n) is 2.56. The number of benzene rings is 2. The van der Waals surface area contributed by atoms with Gasteiger partial charge in [-0.25, -0.2) is 9.59 Å². The van der Waals surface area contributed by atoms with Crippen molar-refractivity contribution in [2.45, 2.75) is 20.0 Å². The number of carbonyl (C=O) groups excluding carboxylic acids is 1. The van der Waals surface area contributed by atoms with Gasteiger partial charge in [0.1, 0.15) is 11.5 Å². The molecule has 122 valence electrons. The molecule has 3 N–H and O–H groups in total. The molecule has 0 unspecified atom stereocenters. The maximum absolute atomic E-state index is 11.3. The van der Waals surface area contributed by atoms with E-state index in [-0.39, 0.29) is 29.1 Å². The number of esters is 1. The first-order chi connectivity index (χ1) is 10.8. The molecule has 6 heteroatoms. The van der Waals surface area contributed by atoms with Gasteiger partial charge in [-0.15, -0.1) is 0 Å². The van der Waals surface area contributed by atoms with Crippen molar-refractivity contribution in [3.8, 4) is 11.5 Å². The van der Waals surface area contributed by atoms with Gasteiger partial charge in [0.25, 0.3) is 0 Å². The van der Waals surface area contributed by atoms with Crippen LogP contribution in [0.2, 0.25) is 0 Å². The van der Waals surface area contributed by atoms with E-state index in [1.165, 1.54) is 48.5 Å². The fraction of sp³-hybridized carbons (Fsp3) is 0.176. The number of aromatic hydroxyl groups is 2. The van der Waals surface area contributed by atoms with Gasteiger partial charge >= 0.3 is 11.9 Å². The van der Waals surface area contributed by atoms with E-state index in [4.69, 9.17) is 20.1 Å². The number of carboxylic acids is 1. The van der Waals surface area contributed by atoms with Crippen LogP contribution in [-0.2, 0) is 4.74 Å². The van der Waals surface area contributed by atoms with Crippen LogP contribution in [0.5, 0.6) is 11.5 Å². The lowest BCUT2D eigenvalue weighted by atomic mass is 10.2. The van der Waals surface area contributed by atoms with E-state index in [9.17, 15) is 9.59 Å². The Morgan fingerprint density at radius 1 is 0.826 bits per heavy atom. The van der Waals surface area contributed by atoms with Crippen LogP contribution in [0.15, 0.2) is 48.5 Å². The molecule has 0 amide bonds. The number of phenolic OH excluding ortho intramolecular Hbond substituents is 2. The number of hydrogen-bond donors (Lipinski definition) is 3. The zero-order valence-corrected chi connectivity index (χ0v) is 12.8. The van der Waals surface area contributed by atoms with Gasteiger partial charge in [0.2, 0.25) is 0 Å². The van der Waals surface area contributed by atoms with Crippen LogP contribution in [0, 0.1) is 0 Å². The molecule has 2 aromatic carbocycles. The average molecular weight is 318 g/mol. The molecule has 2 aromatic rings. The van der Waals surface area contributed by atoms with Gasteiger partial charge in [0.05, 0.1) is 17.2 Å². The SMILES string of the molecule is CC(C)OC(=O)c1ccc(O)cc1.O=C(O)c1ccc(O)cc1. The van der Waals surface area contributed by atoms with E-state index in [0.29, 0.717) is 5.56 Å². The second kappa shape index (κ2) is 8.43. The Balaban J connectivity index is 0.000000238. The molecule has 2 rings (SSSR count). The van der Waals surface area contributed by atoms with Crippen LogP contribution < -0.4 is 0 Å². The Bertz CT molecular complexity index is 644. The number of carboxylic acid groups (broad SMARTS) is 1. The first kappa shape index (κ1) is 18.0. The Labute approximate surface area is 133 Å². The zero-order chi connectivity index (χ0) is 17.4. The third kappa shape index (κ3) is 6.52. The van der Waals surface area contributed by atoms with Crippen molar-refractivity contribution < 1.29 is 29.6 Å². The monoisotopic (exact) mass is 318 g/mol. The number of carbonyl (C=O) groups is 2. The van der Waals surface area contributed by atoms with Gasteiger partial charge in [-0.3, -0.25) is 0 Å². The molecule has 0 radical (unpaired) electrons. The molecule has 23 heavy (non-hydrogen) atoms. The van der Waals surface area contributed by atoms with Crippen LogP contribution in [-0.4, -0.2) is 33.4 Å². The van der Waals surface area contributed by atoms with Gasteiger partial charge in [0.15, 0.2) is 0 Å². The summed E-state index contributed by atoms with van der Waals surface area (Å²) in [6.07, 6.45) is -0.124. The van der Waals surface area contributed by atoms with Crippen molar-refractivity contribution in [2.75, 3.05) is 0 Å². The highest BCUT2D eigenvalue weighted by Crippen LogP contribution is 2.11. The minimum Gasteiger partial charge on any atom is -0.508 e. The summed E-state index contributed by atoms with van der Waals surface area (Å²) >= 11 is 0. The van der Waals surface area contributed by atoms with Crippen LogP contribution in [0.25, 0.3) is 0 Å². The maximum Gasteiger partial charge on any atom is 0.338 e. The van der Waals surface area contributed by atoms with Crippen molar-refractivity contribution in [1.82, 2.24) is 0 Å². The van der Waals surface area contributed by atoms with Gasteiger partial charge in [-0.05, 0) is 62.4 Å². The summed E-state index contributed by atoms with van der Waals surface area (Å²) in [4.78, 5) is 21.5. The predicted molar refractivity (Wildman–Crippen MR) is 83.7 cm³/mol. The Kier molecular flexibility index (Phi) is 6.61. The van der Waals surface area contributed by atoms with E-state index in [1.54, 1.807) is 13.8 Å². The summed E-state index contributed by atoms with van der Waals surface area (Å²) in [5.74, 6) is -1.14. The maximum atomic E-state index is 11.3. The van der Waals surface area contributed by atoms with Gasteiger partial charge < -0.3 is 20.1 Å². The first-order valence-electron chi connectivity index (χ1n) is 6.82. The Morgan fingerprint density at radius 3 is 1.57 bits per heavy atom. The Hall–Kier alpha value is -3.02. The molecule has 0 aliphatic rings. The number of phenols is 2. The summed E-state index contributed by atoms with van der Waals surface area (Å²) in [6.45, 7) is 3.58. The van der Waals surface area contributed by atoms with Crippen LogP contribution in [0.1, 0.15) is 34.6 Å². The molecule has 0 saturated carbocycles. The van der Waals surface area contributed by atoms with E-state index < -0.39 is 5.97 Å². The van der Waals surface area contributed by atoms with Crippen molar-refractivity contribution in [2.24, 2.45) is 0 Å². The molecule has 0 aliphatic heterocycles. The van der Waals surface area contributed by atoms with Crippen LogP contribution >= 0.6 is 0 Å². The second-order valence-corrected chi connectivity index (χ2v) is 4.85. The topological polar surface area (TPSA) is 104 Å². The molecule has 6 nitrogen and oxygen atoms in total. The fourth-order valence-corrected chi connectivity index (χ4v) is 1.48. The summed E-state index contributed by atoms with van der Waals surface area (Å²) in [5.41, 5.74) is 0.629. The van der Waals surface area contributed by atoms with E-state index >= 15 is 0 Å². The number of ether oxygens (including phenoxy) is 1. The second-order valence-electron chi connectivity index (χ2n) is 4.85. The summed E-state index contributed by atoms with van der Waals surface area (Å²) < 4.78 is 4.96. The first-order valence-corrected chi connectivity index (χ1v) is 6.82. The molecule has 0 heterocycles. The molecule has 0 aromatic heterocycles. The number of hydrogen-bond acceptors (Lipinski definition) is 5. The fourth-order valence-electron chi connectivity index (χ4n) is 1.48. The van der Waals surface area contributed by atoms with Gasteiger partial charge in [-0.2, -0.15) is 0 Å². The highest BCUT2D eigenvalue weighted by molar-refractivity contribution is 5.89. The summed E-state index contributed by atoms with van der Waals surface area (Å²) in [6, 6.07) is 11.3. The predicted octanol–water partition coefficient (Wildman–Crippen LogP) is 3.05. The van der Waals surface area contributed by atoms with Crippen LogP contribution in [0.4, 0.5) is 0 Å². The molecular formula is C17H18O6. The van der Waals surface area contributed by atoms with Crippen molar-refractivity contribution in [3.63, 3.8) is 0 Å². The molecule has 0 spiro atoms. The van der Waals surface area contributed by atoms with E-state index in [2.05, 4.69) is 0 Å². The molecular weight excluding hydrogens is 300 g/mol. The third-order valence-corrected chi connectivity index (χ3v) is 2.56. The standard InChI is InChI=1S/C10H12O3.C7H6O3/c1-7(2)13-10(12)8-3-5-9(11)6-4-8;8-6-3-1-5(2-4-6)7(9)10/h3-7,11H,1-2H3;1-4,8H,(H,9,10). The largest absolute Gasteiger partial charge is 0.508 e. The van der Waals surface area contributed by atoms with E-state index in [0.717, 1.165) is 0 Å². The number of aromatic carboxylic acids is 1. The van der Waals surface area contributed by atoms with Crippen molar-refractivity contribution in [3.05, 3.63) is 59.7 Å². The lowest BCUT2D eigenvalue weighted by Crippen LogP contribution is -2.11. The average Bonchev–Trinajstić information content (AvgIpc) is 2.48. The highest BCUT2D eigenvalue weighted by atomic mass is 16.5. The summed E-state index contributed by atoms with van der Waals surface area (Å²) in [7, 11) is 0. The van der Waals surface area contributed by atoms with Crippen molar-refractivity contribution in [1.29, 1.82) is 0 Å². The molecule has 0 bridgehead atoms. The zero-order valence-electron chi connectivity index (χ0n) is 12.8. The molecule has 0 atom stereocenters. The van der Waals surface area contributed by atoms with E-state index in [1.807, 2.05) is 0 Å². The highest BCUT2D eigenvalue weighted by Gasteiger charge is 2.07. The van der Waals surface area contributed by atoms with Gasteiger partial charge in [0, 0.05) is 0 Å². The molecule has 0 aliphatic carbocycles. The van der Waals surface area contributed by atoms with Crippen molar-refractivity contribution >= 4 is 11.9 Å². The smallest absolute Gasteiger partial charge is 0.338 e. The quantitative estimate of drug-likeness (QED) is 0.751. The molecule has 0 saturated heterocycles. The molecule has 0 fully saturated rings. The van der Waals surface area contributed by atoms with Gasteiger partial charge in [-0.1, -0.05) is 0 Å². The lowest BCUT2D eigenvalue weighted by molar-refractivity contribution is 0.0377.